The summed E-state index contributed by atoms with van der Waals surface area (Å²) >= 11 is 0. The van der Waals surface area contributed by atoms with E-state index in [4.69, 9.17) is 0 Å². The van der Waals surface area contributed by atoms with Crippen molar-refractivity contribution in [3.8, 4) is 0 Å². The lowest BCUT2D eigenvalue weighted by Gasteiger charge is -2.39. The Morgan fingerprint density at radius 1 is 0.889 bits per heavy atom. The van der Waals surface area contributed by atoms with Gasteiger partial charge in [-0.3, -0.25) is 14.4 Å². The summed E-state index contributed by atoms with van der Waals surface area (Å²) < 4.78 is 1.31. The topological polar surface area (TPSA) is 78.8 Å². The van der Waals surface area contributed by atoms with Crippen molar-refractivity contribution in [2.45, 2.75) is 25.7 Å². The summed E-state index contributed by atoms with van der Waals surface area (Å²) in [7, 11) is 1.63. The fraction of sp³-hybridized carbons (Fsp3) is 0.684. The summed E-state index contributed by atoms with van der Waals surface area (Å²) in [5, 5.41) is 4.07. The number of carbonyl (C=O) groups excluding carboxylic acids is 2. The molecule has 0 N–H and O–H groups in total. The Bertz CT molecular complexity index is 772. The summed E-state index contributed by atoms with van der Waals surface area (Å²) in [5.41, 5.74) is 0.690. The van der Waals surface area contributed by atoms with Crippen LogP contribution in [0.15, 0.2) is 17.1 Å². The van der Waals surface area contributed by atoms with Gasteiger partial charge in [-0.05, 0) is 25.7 Å². The van der Waals surface area contributed by atoms with Crippen molar-refractivity contribution < 1.29 is 9.59 Å². The van der Waals surface area contributed by atoms with Gasteiger partial charge in [0.1, 0.15) is 0 Å². The SMILES string of the molecule is Cn1ncc(N2CCN(C(=O)C3CCN(C(=O)C4CC4)CC3)CC2)cc1=O. The molecule has 0 unspecified atom stereocenters. The number of piperidine rings is 1. The minimum absolute atomic E-state index is 0.0329. The zero-order chi connectivity index (χ0) is 19.0. The van der Waals surface area contributed by atoms with E-state index in [1.165, 1.54) is 4.68 Å². The van der Waals surface area contributed by atoms with Crippen molar-refractivity contribution >= 4 is 17.5 Å². The normalized spacial score (nSPS) is 21.4. The molecule has 4 rings (SSSR count). The number of hydrogen-bond acceptors (Lipinski definition) is 5. The zero-order valence-corrected chi connectivity index (χ0v) is 15.8. The van der Waals surface area contributed by atoms with Gasteiger partial charge in [-0.25, -0.2) is 4.68 Å². The number of likely N-dealkylation sites (tertiary alicyclic amines) is 1. The monoisotopic (exact) mass is 373 g/mol. The number of rotatable bonds is 3. The number of aromatic nitrogens is 2. The van der Waals surface area contributed by atoms with E-state index in [0.717, 1.165) is 31.4 Å². The lowest BCUT2D eigenvalue weighted by molar-refractivity contribution is -0.141. The van der Waals surface area contributed by atoms with E-state index in [2.05, 4.69) is 10.00 Å². The Hall–Kier alpha value is -2.38. The van der Waals surface area contributed by atoms with Gasteiger partial charge >= 0.3 is 0 Å². The highest BCUT2D eigenvalue weighted by atomic mass is 16.2. The van der Waals surface area contributed by atoms with Crippen LogP contribution < -0.4 is 10.5 Å². The first-order chi connectivity index (χ1) is 13.0. The Labute approximate surface area is 158 Å². The molecule has 0 atom stereocenters. The molecule has 146 valence electrons. The van der Waals surface area contributed by atoms with Crippen LogP contribution in [0.3, 0.4) is 0 Å². The second kappa shape index (κ2) is 7.32. The average Bonchev–Trinajstić information content (AvgIpc) is 3.55. The average molecular weight is 373 g/mol. The van der Waals surface area contributed by atoms with Crippen LogP contribution in [0.2, 0.25) is 0 Å². The van der Waals surface area contributed by atoms with Crippen molar-refractivity contribution in [3.05, 3.63) is 22.6 Å². The quantitative estimate of drug-likeness (QED) is 0.750. The summed E-state index contributed by atoms with van der Waals surface area (Å²) in [5.74, 6) is 0.799. The second-order valence-corrected chi connectivity index (χ2v) is 7.86. The van der Waals surface area contributed by atoms with Gasteiger partial charge in [-0.15, -0.1) is 0 Å². The standard InChI is InChI=1S/C19H27N5O3/c1-21-17(25)12-16(13-20-21)22-8-10-24(11-9-22)19(27)15-4-6-23(7-5-15)18(26)14-2-3-14/h12-15H,2-11H2,1H3. The first-order valence-electron chi connectivity index (χ1n) is 9.89. The van der Waals surface area contributed by atoms with E-state index >= 15 is 0 Å². The minimum Gasteiger partial charge on any atom is -0.367 e. The van der Waals surface area contributed by atoms with E-state index in [9.17, 15) is 14.4 Å². The summed E-state index contributed by atoms with van der Waals surface area (Å²) in [6.45, 7) is 4.17. The third-order valence-corrected chi connectivity index (χ3v) is 5.99. The smallest absolute Gasteiger partial charge is 0.268 e. The van der Waals surface area contributed by atoms with Crippen LogP contribution in [-0.4, -0.2) is 70.7 Å². The fourth-order valence-electron chi connectivity index (χ4n) is 4.01. The molecule has 0 aromatic carbocycles. The number of amides is 2. The maximum Gasteiger partial charge on any atom is 0.268 e. The predicted molar refractivity (Wildman–Crippen MR) is 100 cm³/mol. The highest BCUT2D eigenvalue weighted by Gasteiger charge is 2.37. The van der Waals surface area contributed by atoms with Gasteiger partial charge in [0.2, 0.25) is 11.8 Å². The number of piperazine rings is 1. The molecule has 2 aliphatic heterocycles. The highest BCUT2D eigenvalue weighted by molar-refractivity contribution is 5.82. The van der Waals surface area contributed by atoms with Crippen molar-refractivity contribution in [1.82, 2.24) is 19.6 Å². The lowest BCUT2D eigenvalue weighted by atomic mass is 9.94. The largest absolute Gasteiger partial charge is 0.367 e. The van der Waals surface area contributed by atoms with Crippen LogP contribution >= 0.6 is 0 Å². The van der Waals surface area contributed by atoms with Gasteiger partial charge in [0.15, 0.2) is 0 Å². The molecule has 1 aromatic heterocycles. The van der Waals surface area contributed by atoms with Gasteiger partial charge in [0.25, 0.3) is 5.56 Å². The molecule has 3 aliphatic rings. The molecule has 1 saturated carbocycles. The molecular weight excluding hydrogens is 346 g/mol. The molecule has 8 nitrogen and oxygen atoms in total. The van der Waals surface area contributed by atoms with E-state index in [0.29, 0.717) is 39.3 Å². The number of anilines is 1. The highest BCUT2D eigenvalue weighted by Crippen LogP contribution is 2.32. The zero-order valence-electron chi connectivity index (χ0n) is 15.8. The maximum absolute atomic E-state index is 12.9. The first kappa shape index (κ1) is 18.0. The van der Waals surface area contributed by atoms with E-state index in [1.54, 1.807) is 19.3 Å². The Morgan fingerprint density at radius 2 is 1.44 bits per heavy atom. The van der Waals surface area contributed by atoms with Crippen LogP contribution in [0, 0.1) is 11.8 Å². The van der Waals surface area contributed by atoms with Gasteiger partial charge in [0.05, 0.1) is 11.9 Å². The second-order valence-electron chi connectivity index (χ2n) is 7.86. The lowest BCUT2D eigenvalue weighted by Crippen LogP contribution is -2.52. The summed E-state index contributed by atoms with van der Waals surface area (Å²) in [4.78, 5) is 42.8. The van der Waals surface area contributed by atoms with Crippen LogP contribution in [0.25, 0.3) is 0 Å². The number of carbonyl (C=O) groups is 2. The Kier molecular flexibility index (Phi) is 4.88. The van der Waals surface area contributed by atoms with Crippen molar-refractivity contribution in [2.24, 2.45) is 18.9 Å². The third-order valence-electron chi connectivity index (χ3n) is 5.99. The van der Waals surface area contributed by atoms with E-state index in [-0.39, 0.29) is 29.2 Å². The van der Waals surface area contributed by atoms with Gasteiger partial charge < -0.3 is 14.7 Å². The van der Waals surface area contributed by atoms with Crippen molar-refractivity contribution in [3.63, 3.8) is 0 Å². The van der Waals surface area contributed by atoms with Crippen LogP contribution in [0.1, 0.15) is 25.7 Å². The van der Waals surface area contributed by atoms with Crippen LogP contribution in [0.5, 0.6) is 0 Å². The number of hydrogen-bond donors (Lipinski definition) is 0. The molecule has 0 spiro atoms. The fourth-order valence-corrected chi connectivity index (χ4v) is 4.01. The Morgan fingerprint density at radius 3 is 2.00 bits per heavy atom. The van der Waals surface area contributed by atoms with Crippen LogP contribution in [-0.2, 0) is 16.6 Å². The molecule has 1 aromatic rings. The molecular formula is C19H27N5O3. The van der Waals surface area contributed by atoms with Crippen molar-refractivity contribution in [1.29, 1.82) is 0 Å². The summed E-state index contributed by atoms with van der Waals surface area (Å²) in [6, 6.07) is 1.59. The van der Waals surface area contributed by atoms with Crippen LogP contribution in [0.4, 0.5) is 5.69 Å². The molecule has 2 amide bonds. The first-order valence-corrected chi connectivity index (χ1v) is 9.89. The Balaban J connectivity index is 1.28. The third kappa shape index (κ3) is 3.84. The molecule has 0 bridgehead atoms. The molecule has 1 aliphatic carbocycles. The molecule has 8 heteroatoms. The van der Waals surface area contributed by atoms with E-state index < -0.39 is 0 Å². The molecule has 27 heavy (non-hydrogen) atoms. The minimum atomic E-state index is -0.126. The molecule has 3 heterocycles. The maximum atomic E-state index is 12.9. The molecule has 0 radical (unpaired) electrons. The van der Waals surface area contributed by atoms with Gasteiger partial charge in [-0.2, -0.15) is 5.10 Å². The van der Waals surface area contributed by atoms with E-state index in [1.807, 2.05) is 9.80 Å². The molecule has 2 saturated heterocycles. The number of aryl methyl sites for hydroxylation is 1. The van der Waals surface area contributed by atoms with Crippen molar-refractivity contribution in [2.75, 3.05) is 44.2 Å². The van der Waals surface area contributed by atoms with Gasteiger partial charge in [0, 0.05) is 64.2 Å². The molecule has 3 fully saturated rings. The predicted octanol–water partition coefficient (Wildman–Crippen LogP) is 0.0775. The number of nitrogens with zero attached hydrogens (tertiary/aromatic N) is 5. The van der Waals surface area contributed by atoms with Gasteiger partial charge in [-0.1, -0.05) is 0 Å². The summed E-state index contributed by atoms with van der Waals surface area (Å²) in [6.07, 6.45) is 5.31.